The number of hydrogen-bond acceptors (Lipinski definition) is 2. The molecule has 0 radical (unpaired) electrons. The average molecular weight is 334 g/mol. The van der Waals surface area contributed by atoms with Crippen LogP contribution in [0.2, 0.25) is 5.02 Å². The zero-order valence-corrected chi connectivity index (χ0v) is 14.4. The highest BCUT2D eigenvalue weighted by atomic mass is 35.5. The molecule has 2 rings (SSSR count). The zero-order chi connectivity index (χ0) is 16.0. The van der Waals surface area contributed by atoms with Crippen LogP contribution < -0.4 is 5.32 Å². The average Bonchev–Trinajstić information content (AvgIpc) is 2.53. The van der Waals surface area contributed by atoms with Gasteiger partial charge in [0, 0.05) is 27.6 Å². The van der Waals surface area contributed by atoms with E-state index in [-0.39, 0.29) is 10.7 Å². The van der Waals surface area contributed by atoms with Gasteiger partial charge in [0.2, 0.25) is 0 Å². The highest BCUT2D eigenvalue weighted by molar-refractivity contribution is 7.99. The van der Waals surface area contributed by atoms with E-state index in [1.54, 1.807) is 0 Å². The van der Waals surface area contributed by atoms with E-state index in [0.29, 0.717) is 12.1 Å². The van der Waals surface area contributed by atoms with Crippen molar-refractivity contribution in [1.29, 1.82) is 0 Å². The molecule has 0 aromatic heterocycles. The Kier molecular flexibility index (Phi) is 5.92. The molecule has 2 aromatic carbocycles. The number of halogens is 1. The summed E-state index contributed by atoms with van der Waals surface area (Å²) in [5, 5.41) is 3.76. The Balaban J connectivity index is 1.83. The molecule has 0 atom stereocenters. The fourth-order valence-electron chi connectivity index (χ4n) is 1.90. The van der Waals surface area contributed by atoms with E-state index < -0.39 is 0 Å². The Morgan fingerprint density at radius 3 is 2.36 bits per heavy atom. The van der Waals surface area contributed by atoms with Crippen LogP contribution in [0, 0.1) is 0 Å². The van der Waals surface area contributed by atoms with E-state index in [1.807, 2.05) is 66.4 Å². The number of rotatable bonds is 6. The van der Waals surface area contributed by atoms with Crippen molar-refractivity contribution in [2.24, 2.45) is 0 Å². The maximum absolute atomic E-state index is 12.1. The molecular weight excluding hydrogens is 314 g/mol. The summed E-state index contributed by atoms with van der Waals surface area (Å²) in [4.78, 5) is 12.1. The summed E-state index contributed by atoms with van der Waals surface area (Å²) in [7, 11) is 0. The number of thioether (sulfide) groups is 1. The van der Waals surface area contributed by atoms with Gasteiger partial charge in [-0.3, -0.25) is 4.79 Å². The monoisotopic (exact) mass is 333 g/mol. The Morgan fingerprint density at radius 1 is 1.09 bits per heavy atom. The van der Waals surface area contributed by atoms with Crippen LogP contribution in [0.3, 0.4) is 0 Å². The number of carbonyl (C=O) groups excluding carboxylic acids is 1. The molecular formula is C18H20ClNOS. The van der Waals surface area contributed by atoms with Gasteiger partial charge in [-0.2, -0.15) is 0 Å². The standard InChI is InChI=1S/C18H20ClNOS/c1-18(2,22-12-14-8-10-16(19)11-9-14)13-20-17(21)15-6-4-3-5-7-15/h3-11H,12-13H2,1-2H3,(H,20,21). The maximum Gasteiger partial charge on any atom is 0.251 e. The zero-order valence-electron chi connectivity index (χ0n) is 12.8. The van der Waals surface area contributed by atoms with Gasteiger partial charge in [0.05, 0.1) is 0 Å². The smallest absolute Gasteiger partial charge is 0.251 e. The fraction of sp³-hybridized carbons (Fsp3) is 0.278. The van der Waals surface area contributed by atoms with Gasteiger partial charge >= 0.3 is 0 Å². The summed E-state index contributed by atoms with van der Waals surface area (Å²) in [6, 6.07) is 17.2. The van der Waals surface area contributed by atoms with Gasteiger partial charge in [-0.15, -0.1) is 11.8 Å². The van der Waals surface area contributed by atoms with Crippen LogP contribution >= 0.6 is 23.4 Å². The SMILES string of the molecule is CC(C)(CNC(=O)c1ccccc1)SCc1ccc(Cl)cc1. The summed E-state index contributed by atoms with van der Waals surface area (Å²) < 4.78 is -0.0376. The molecule has 0 aliphatic heterocycles. The lowest BCUT2D eigenvalue weighted by molar-refractivity contribution is 0.0951. The molecule has 2 aromatic rings. The van der Waals surface area contributed by atoms with Crippen molar-refractivity contribution >= 4 is 29.3 Å². The van der Waals surface area contributed by atoms with Crippen LogP contribution in [-0.2, 0) is 5.75 Å². The first kappa shape index (κ1) is 16.9. The van der Waals surface area contributed by atoms with Gasteiger partial charge in [-0.05, 0) is 43.7 Å². The Bertz CT molecular complexity index is 611. The molecule has 0 saturated heterocycles. The van der Waals surface area contributed by atoms with Crippen LogP contribution in [0.25, 0.3) is 0 Å². The third-order valence-electron chi connectivity index (χ3n) is 3.25. The molecule has 0 heterocycles. The molecule has 1 N–H and O–H groups in total. The van der Waals surface area contributed by atoms with Crippen LogP contribution in [0.1, 0.15) is 29.8 Å². The highest BCUT2D eigenvalue weighted by Crippen LogP contribution is 2.28. The van der Waals surface area contributed by atoms with Gasteiger partial charge in [-0.1, -0.05) is 41.9 Å². The Hall–Kier alpha value is -1.45. The second-order valence-electron chi connectivity index (χ2n) is 5.72. The fourth-order valence-corrected chi connectivity index (χ4v) is 2.95. The number of carbonyl (C=O) groups is 1. The lowest BCUT2D eigenvalue weighted by atomic mass is 10.2. The summed E-state index contributed by atoms with van der Waals surface area (Å²) >= 11 is 7.71. The van der Waals surface area contributed by atoms with E-state index in [4.69, 9.17) is 11.6 Å². The molecule has 22 heavy (non-hydrogen) atoms. The van der Waals surface area contributed by atoms with Crippen molar-refractivity contribution in [2.45, 2.75) is 24.3 Å². The van der Waals surface area contributed by atoms with E-state index in [2.05, 4.69) is 19.2 Å². The van der Waals surface area contributed by atoms with Crippen LogP contribution in [-0.4, -0.2) is 17.2 Å². The highest BCUT2D eigenvalue weighted by Gasteiger charge is 2.19. The quantitative estimate of drug-likeness (QED) is 0.824. The molecule has 1 amide bonds. The van der Waals surface area contributed by atoms with Gasteiger partial charge < -0.3 is 5.32 Å². The number of hydrogen-bond donors (Lipinski definition) is 1. The molecule has 116 valence electrons. The minimum absolute atomic E-state index is 0.0271. The normalized spacial score (nSPS) is 11.2. The minimum Gasteiger partial charge on any atom is -0.351 e. The number of nitrogens with one attached hydrogen (secondary N) is 1. The van der Waals surface area contributed by atoms with Crippen LogP contribution in [0.5, 0.6) is 0 Å². The van der Waals surface area contributed by atoms with E-state index in [9.17, 15) is 4.79 Å². The molecule has 0 fully saturated rings. The van der Waals surface area contributed by atoms with Crippen molar-refractivity contribution in [3.63, 3.8) is 0 Å². The first-order chi connectivity index (χ1) is 10.5. The molecule has 0 bridgehead atoms. The van der Waals surface area contributed by atoms with E-state index >= 15 is 0 Å². The molecule has 0 unspecified atom stereocenters. The van der Waals surface area contributed by atoms with Gasteiger partial charge in [0.1, 0.15) is 0 Å². The predicted octanol–water partition coefficient (Wildman–Crippen LogP) is 4.78. The van der Waals surface area contributed by atoms with Crippen LogP contribution in [0.4, 0.5) is 0 Å². The van der Waals surface area contributed by atoms with Crippen molar-refractivity contribution < 1.29 is 4.79 Å². The third kappa shape index (κ3) is 5.39. The first-order valence-corrected chi connectivity index (χ1v) is 8.54. The minimum atomic E-state index is -0.0376. The van der Waals surface area contributed by atoms with Crippen molar-refractivity contribution in [3.8, 4) is 0 Å². The first-order valence-electron chi connectivity index (χ1n) is 7.18. The molecule has 0 aliphatic rings. The second-order valence-corrected chi connectivity index (χ2v) is 7.84. The van der Waals surface area contributed by atoms with E-state index in [1.165, 1.54) is 5.56 Å². The second kappa shape index (κ2) is 7.70. The lowest BCUT2D eigenvalue weighted by Gasteiger charge is -2.24. The largest absolute Gasteiger partial charge is 0.351 e. The summed E-state index contributed by atoms with van der Waals surface area (Å²) in [6.45, 7) is 4.90. The van der Waals surface area contributed by atoms with Crippen molar-refractivity contribution in [3.05, 3.63) is 70.7 Å². The van der Waals surface area contributed by atoms with Gasteiger partial charge in [0.25, 0.3) is 5.91 Å². The predicted molar refractivity (Wildman–Crippen MR) is 95.6 cm³/mol. The van der Waals surface area contributed by atoms with E-state index in [0.717, 1.165) is 10.8 Å². The number of amides is 1. The summed E-state index contributed by atoms with van der Waals surface area (Å²) in [5.41, 5.74) is 1.93. The Morgan fingerprint density at radius 2 is 1.73 bits per heavy atom. The molecule has 0 spiro atoms. The summed E-state index contributed by atoms with van der Waals surface area (Å²) in [6.07, 6.45) is 0. The van der Waals surface area contributed by atoms with Gasteiger partial charge in [0.15, 0.2) is 0 Å². The maximum atomic E-state index is 12.1. The van der Waals surface area contributed by atoms with Gasteiger partial charge in [-0.25, -0.2) is 0 Å². The molecule has 4 heteroatoms. The summed E-state index contributed by atoms with van der Waals surface area (Å²) in [5.74, 6) is 0.867. The molecule has 0 aliphatic carbocycles. The molecule has 0 saturated carbocycles. The van der Waals surface area contributed by atoms with Crippen molar-refractivity contribution in [1.82, 2.24) is 5.32 Å². The number of benzene rings is 2. The van der Waals surface area contributed by atoms with Crippen molar-refractivity contribution in [2.75, 3.05) is 6.54 Å². The lowest BCUT2D eigenvalue weighted by Crippen LogP contribution is -2.36. The Labute approximate surface area is 141 Å². The third-order valence-corrected chi connectivity index (χ3v) is 4.91. The topological polar surface area (TPSA) is 29.1 Å². The van der Waals surface area contributed by atoms with Crippen LogP contribution in [0.15, 0.2) is 54.6 Å². The molecule has 2 nitrogen and oxygen atoms in total.